The van der Waals surface area contributed by atoms with Crippen LogP contribution in [0.15, 0.2) is 133 Å². The number of carbonyl (C=O) groups excluding carboxylic acids is 1. The van der Waals surface area contributed by atoms with Crippen molar-refractivity contribution in [1.82, 2.24) is 15.5 Å². The number of urea groups is 1. The zero-order valence-corrected chi connectivity index (χ0v) is 28.0. The van der Waals surface area contributed by atoms with Crippen molar-refractivity contribution in [2.45, 2.75) is 58.1 Å². The maximum atomic E-state index is 12.1. The van der Waals surface area contributed by atoms with E-state index in [9.17, 15) is 9.90 Å². The number of benzene rings is 5. The summed E-state index contributed by atoms with van der Waals surface area (Å²) < 4.78 is 13.5. The van der Waals surface area contributed by atoms with Gasteiger partial charge in [0.1, 0.15) is 0 Å². The maximum Gasteiger partial charge on any atom is 0.315 e. The molecule has 0 bridgehead atoms. The first-order valence-corrected chi connectivity index (χ1v) is 17.1. The van der Waals surface area contributed by atoms with E-state index < -0.39 is 6.29 Å². The number of amides is 2. The number of aliphatic hydroxyl groups excluding tert-OH is 1. The third-order valence-electron chi connectivity index (χ3n) is 8.86. The average molecular weight is 656 g/mol. The van der Waals surface area contributed by atoms with E-state index in [0.717, 1.165) is 53.0 Å². The van der Waals surface area contributed by atoms with Crippen LogP contribution >= 0.6 is 0 Å². The second-order valence-corrected chi connectivity index (χ2v) is 12.5. The minimum absolute atomic E-state index is 0.00553. The third kappa shape index (κ3) is 9.43. The van der Waals surface area contributed by atoms with Gasteiger partial charge >= 0.3 is 6.03 Å². The van der Waals surface area contributed by atoms with Gasteiger partial charge in [0.25, 0.3) is 0 Å². The van der Waals surface area contributed by atoms with Gasteiger partial charge in [-0.15, -0.1) is 0 Å². The Bertz CT molecular complexity index is 1710. The lowest BCUT2D eigenvalue weighted by Crippen LogP contribution is -2.39. The molecule has 7 heteroatoms. The Morgan fingerprint density at radius 1 is 0.714 bits per heavy atom. The van der Waals surface area contributed by atoms with Crippen LogP contribution in [0.25, 0.3) is 11.1 Å². The van der Waals surface area contributed by atoms with Gasteiger partial charge in [-0.05, 0) is 45.9 Å². The largest absolute Gasteiger partial charge is 0.392 e. The van der Waals surface area contributed by atoms with E-state index >= 15 is 0 Å². The van der Waals surface area contributed by atoms with Crippen LogP contribution in [0.1, 0.15) is 59.1 Å². The van der Waals surface area contributed by atoms with Gasteiger partial charge in [0.05, 0.1) is 18.8 Å². The molecule has 1 saturated heterocycles. The molecule has 1 aliphatic rings. The van der Waals surface area contributed by atoms with Crippen molar-refractivity contribution in [2.24, 2.45) is 0 Å². The van der Waals surface area contributed by atoms with Crippen LogP contribution in [0.2, 0.25) is 0 Å². The SMILES string of the molecule is CCNC(=O)NCc1ccccc1-c1ccc([C@@H]2O[C@H](CN(Cc3ccccc3)Cc3ccccc3)C[C@H](c3ccc(CO)cc3)O2)cc1. The fraction of sp³-hybridized carbons (Fsp3) is 0.262. The van der Waals surface area contributed by atoms with E-state index in [0.29, 0.717) is 19.5 Å². The zero-order valence-electron chi connectivity index (χ0n) is 28.0. The highest BCUT2D eigenvalue weighted by Gasteiger charge is 2.33. The van der Waals surface area contributed by atoms with Crippen LogP contribution in [-0.2, 0) is 35.7 Å². The minimum atomic E-state index is -0.555. The highest BCUT2D eigenvalue weighted by molar-refractivity contribution is 5.74. The van der Waals surface area contributed by atoms with Gasteiger partial charge < -0.3 is 25.2 Å². The molecule has 3 N–H and O–H groups in total. The summed E-state index contributed by atoms with van der Waals surface area (Å²) in [7, 11) is 0. The van der Waals surface area contributed by atoms with E-state index in [1.165, 1.54) is 11.1 Å². The molecule has 7 nitrogen and oxygen atoms in total. The number of rotatable bonds is 13. The van der Waals surface area contributed by atoms with Crippen molar-refractivity contribution in [2.75, 3.05) is 13.1 Å². The highest BCUT2D eigenvalue weighted by Crippen LogP contribution is 2.39. The number of hydrogen-bond donors (Lipinski definition) is 3. The van der Waals surface area contributed by atoms with E-state index in [4.69, 9.17) is 9.47 Å². The van der Waals surface area contributed by atoms with E-state index in [1.54, 1.807) is 0 Å². The molecular weight excluding hydrogens is 610 g/mol. The van der Waals surface area contributed by atoms with E-state index in [-0.39, 0.29) is 24.8 Å². The number of nitrogens with one attached hydrogen (secondary N) is 2. The first-order chi connectivity index (χ1) is 24.1. The summed E-state index contributed by atoms with van der Waals surface area (Å²) in [5.41, 5.74) is 8.56. The van der Waals surface area contributed by atoms with Gasteiger partial charge in [0, 0.05) is 44.7 Å². The standard InChI is InChI=1S/C42H45N3O4/c1-2-43-42(47)44-26-37-15-9-10-16-39(37)34-21-23-36(24-22-34)41-48-38(25-40(49-41)35-19-17-33(30-46)18-20-35)29-45(27-31-11-5-3-6-12-31)28-32-13-7-4-8-14-32/h3-24,38,40-41,46H,2,25-30H2,1H3,(H2,43,44,47)/t38-,40+,41+/m0/s1. The molecule has 1 aliphatic heterocycles. The van der Waals surface area contributed by atoms with Gasteiger partial charge in [-0.25, -0.2) is 4.79 Å². The van der Waals surface area contributed by atoms with Crippen LogP contribution in [0.4, 0.5) is 4.79 Å². The van der Waals surface area contributed by atoms with E-state index in [1.807, 2.05) is 37.3 Å². The molecule has 3 atom stereocenters. The van der Waals surface area contributed by atoms with Crippen molar-refractivity contribution in [1.29, 1.82) is 0 Å². The Balaban J connectivity index is 1.24. The molecule has 0 aliphatic carbocycles. The Kier molecular flexibility index (Phi) is 11.9. The molecule has 1 heterocycles. The molecule has 49 heavy (non-hydrogen) atoms. The fourth-order valence-electron chi connectivity index (χ4n) is 6.36. The third-order valence-corrected chi connectivity index (χ3v) is 8.86. The van der Waals surface area contributed by atoms with Crippen LogP contribution in [0.5, 0.6) is 0 Å². The van der Waals surface area contributed by atoms with Gasteiger partial charge in [-0.3, -0.25) is 4.90 Å². The van der Waals surface area contributed by atoms with Crippen LogP contribution < -0.4 is 10.6 Å². The number of nitrogens with zero attached hydrogens (tertiary/aromatic N) is 1. The summed E-state index contributed by atoms with van der Waals surface area (Å²) in [5.74, 6) is 0. The number of hydrogen-bond acceptors (Lipinski definition) is 5. The number of carbonyl (C=O) groups is 1. The van der Waals surface area contributed by atoms with Gasteiger partial charge in [0.15, 0.2) is 6.29 Å². The van der Waals surface area contributed by atoms with Crippen molar-refractivity contribution in [3.63, 3.8) is 0 Å². The topological polar surface area (TPSA) is 83.1 Å². The lowest BCUT2D eigenvalue weighted by molar-refractivity contribution is -0.253. The summed E-state index contributed by atoms with van der Waals surface area (Å²) in [4.78, 5) is 14.5. The Hall–Kier alpha value is -4.79. The van der Waals surface area contributed by atoms with Crippen molar-refractivity contribution in [3.05, 3.63) is 167 Å². The molecule has 6 rings (SSSR count). The Labute approximate surface area is 289 Å². The van der Waals surface area contributed by atoms with Crippen LogP contribution in [0, 0.1) is 0 Å². The summed E-state index contributed by atoms with van der Waals surface area (Å²) in [5, 5.41) is 15.4. The number of ether oxygens (including phenoxy) is 2. The van der Waals surface area contributed by atoms with Crippen LogP contribution in [-0.4, -0.2) is 35.2 Å². The quantitative estimate of drug-likeness (QED) is 0.120. The molecule has 0 aromatic heterocycles. The molecule has 2 amide bonds. The Morgan fingerprint density at radius 3 is 1.96 bits per heavy atom. The highest BCUT2D eigenvalue weighted by atomic mass is 16.7. The maximum absolute atomic E-state index is 12.1. The summed E-state index contributed by atoms with van der Waals surface area (Å²) in [6.45, 7) is 5.26. The zero-order chi connectivity index (χ0) is 33.8. The second kappa shape index (κ2) is 17.0. The first-order valence-electron chi connectivity index (χ1n) is 17.1. The molecule has 0 radical (unpaired) electrons. The smallest absolute Gasteiger partial charge is 0.315 e. The van der Waals surface area contributed by atoms with Gasteiger partial charge in [0.2, 0.25) is 0 Å². The van der Waals surface area contributed by atoms with Crippen molar-refractivity contribution < 1.29 is 19.4 Å². The molecule has 252 valence electrons. The lowest BCUT2D eigenvalue weighted by Gasteiger charge is -2.38. The van der Waals surface area contributed by atoms with Gasteiger partial charge in [-0.1, -0.05) is 133 Å². The fourth-order valence-corrected chi connectivity index (χ4v) is 6.36. The predicted octanol–water partition coefficient (Wildman–Crippen LogP) is 7.91. The summed E-state index contributed by atoms with van der Waals surface area (Å²) in [6.07, 6.45) is -0.110. The monoisotopic (exact) mass is 655 g/mol. The van der Waals surface area contributed by atoms with Crippen molar-refractivity contribution in [3.8, 4) is 11.1 Å². The molecule has 5 aromatic rings. The molecule has 0 saturated carbocycles. The lowest BCUT2D eigenvalue weighted by atomic mass is 9.97. The van der Waals surface area contributed by atoms with Gasteiger partial charge in [-0.2, -0.15) is 0 Å². The molecule has 1 fully saturated rings. The summed E-state index contributed by atoms with van der Waals surface area (Å²) in [6, 6.07) is 45.5. The molecular formula is C42H45N3O4. The second-order valence-electron chi connectivity index (χ2n) is 12.5. The van der Waals surface area contributed by atoms with E-state index in [2.05, 4.69) is 119 Å². The predicted molar refractivity (Wildman–Crippen MR) is 193 cm³/mol. The van der Waals surface area contributed by atoms with Crippen molar-refractivity contribution >= 4 is 6.03 Å². The number of aliphatic hydroxyl groups is 1. The minimum Gasteiger partial charge on any atom is -0.392 e. The van der Waals surface area contributed by atoms with Crippen LogP contribution in [0.3, 0.4) is 0 Å². The molecule has 0 unspecified atom stereocenters. The first kappa shape index (κ1) is 34.1. The molecule has 0 spiro atoms. The molecule has 5 aromatic carbocycles. The summed E-state index contributed by atoms with van der Waals surface area (Å²) >= 11 is 0. The Morgan fingerprint density at radius 2 is 1.33 bits per heavy atom. The normalized spacial score (nSPS) is 17.5. The average Bonchev–Trinajstić information content (AvgIpc) is 3.15.